The molecule has 2 N–H and O–H groups in total. The van der Waals surface area contributed by atoms with E-state index in [1.807, 2.05) is 13.8 Å². The molecule has 0 aromatic heterocycles. The number of carbonyl (C=O) groups excluding carboxylic acids is 1. The van der Waals surface area contributed by atoms with E-state index in [2.05, 4.69) is 5.32 Å². The second kappa shape index (κ2) is 3.98. The quantitative estimate of drug-likeness (QED) is 0.664. The Labute approximate surface area is 83.7 Å². The van der Waals surface area contributed by atoms with Gasteiger partial charge in [-0.3, -0.25) is 9.59 Å². The normalized spacial score (nSPS) is 18.8. The van der Waals surface area contributed by atoms with Gasteiger partial charge in [-0.05, 0) is 18.8 Å². The average Bonchev–Trinajstić information content (AvgIpc) is 1.97. The standard InChI is InChI=1S/C10H17NO3/c1-7(2)6-11-8(12)10(9(13)14)4-3-5-10/h7H,3-6H2,1-2H3,(H,11,12)(H,13,14). The second-order valence-corrected chi connectivity index (χ2v) is 4.34. The van der Waals surface area contributed by atoms with E-state index in [-0.39, 0.29) is 5.91 Å². The molecule has 4 nitrogen and oxygen atoms in total. The lowest BCUT2D eigenvalue weighted by molar-refractivity contribution is -0.162. The van der Waals surface area contributed by atoms with Gasteiger partial charge in [0.1, 0.15) is 5.41 Å². The van der Waals surface area contributed by atoms with E-state index in [4.69, 9.17) is 5.11 Å². The zero-order valence-corrected chi connectivity index (χ0v) is 8.67. The number of rotatable bonds is 4. The summed E-state index contributed by atoms with van der Waals surface area (Å²) in [6.45, 7) is 4.51. The summed E-state index contributed by atoms with van der Waals surface area (Å²) in [5.41, 5.74) is -1.12. The van der Waals surface area contributed by atoms with Crippen LogP contribution in [-0.2, 0) is 9.59 Å². The molecule has 0 aromatic rings. The Morgan fingerprint density at radius 2 is 2.00 bits per heavy atom. The van der Waals surface area contributed by atoms with Crippen LogP contribution in [0.4, 0.5) is 0 Å². The molecule has 0 spiro atoms. The van der Waals surface area contributed by atoms with E-state index in [1.54, 1.807) is 0 Å². The van der Waals surface area contributed by atoms with Crippen LogP contribution in [0.15, 0.2) is 0 Å². The molecule has 0 saturated heterocycles. The van der Waals surface area contributed by atoms with Gasteiger partial charge in [0.25, 0.3) is 0 Å². The first-order valence-electron chi connectivity index (χ1n) is 5.01. The molecule has 4 heteroatoms. The molecule has 0 aromatic carbocycles. The lowest BCUT2D eigenvalue weighted by atomic mass is 9.68. The van der Waals surface area contributed by atoms with E-state index >= 15 is 0 Å². The van der Waals surface area contributed by atoms with Gasteiger partial charge in [0.05, 0.1) is 0 Å². The van der Waals surface area contributed by atoms with Crippen molar-refractivity contribution in [1.29, 1.82) is 0 Å². The Balaban J connectivity index is 2.53. The predicted octanol–water partition coefficient (Wildman–Crippen LogP) is 1.01. The third kappa shape index (κ3) is 1.89. The molecule has 1 fully saturated rings. The maximum absolute atomic E-state index is 11.6. The van der Waals surface area contributed by atoms with Gasteiger partial charge in [-0.25, -0.2) is 0 Å². The van der Waals surface area contributed by atoms with Crippen molar-refractivity contribution in [2.75, 3.05) is 6.54 Å². The van der Waals surface area contributed by atoms with Crippen LogP contribution in [0.5, 0.6) is 0 Å². The molecule has 0 radical (unpaired) electrons. The van der Waals surface area contributed by atoms with Gasteiger partial charge in [-0.1, -0.05) is 20.3 Å². The number of carbonyl (C=O) groups is 2. The first-order valence-corrected chi connectivity index (χ1v) is 5.01. The van der Waals surface area contributed by atoms with Gasteiger partial charge < -0.3 is 10.4 Å². The van der Waals surface area contributed by atoms with Crippen molar-refractivity contribution < 1.29 is 14.7 Å². The molecule has 1 aliphatic carbocycles. The fourth-order valence-electron chi connectivity index (χ4n) is 1.53. The summed E-state index contributed by atoms with van der Waals surface area (Å²) in [6, 6.07) is 0. The Hall–Kier alpha value is -1.06. The minimum Gasteiger partial charge on any atom is -0.480 e. The molecule has 1 rings (SSSR count). The van der Waals surface area contributed by atoms with E-state index in [0.29, 0.717) is 25.3 Å². The van der Waals surface area contributed by atoms with Crippen molar-refractivity contribution in [1.82, 2.24) is 5.32 Å². The molecule has 0 aliphatic heterocycles. The molecule has 1 aliphatic rings. The van der Waals surface area contributed by atoms with Gasteiger partial charge in [0.15, 0.2) is 0 Å². The summed E-state index contributed by atoms with van der Waals surface area (Å²) in [7, 11) is 0. The van der Waals surface area contributed by atoms with Crippen molar-refractivity contribution in [2.24, 2.45) is 11.3 Å². The topological polar surface area (TPSA) is 66.4 Å². The number of amides is 1. The summed E-state index contributed by atoms with van der Waals surface area (Å²) < 4.78 is 0. The number of aliphatic carboxylic acids is 1. The highest BCUT2D eigenvalue weighted by atomic mass is 16.4. The van der Waals surface area contributed by atoms with Crippen molar-refractivity contribution in [3.63, 3.8) is 0 Å². The van der Waals surface area contributed by atoms with Gasteiger partial charge in [-0.2, -0.15) is 0 Å². The van der Waals surface area contributed by atoms with Gasteiger partial charge >= 0.3 is 5.97 Å². The summed E-state index contributed by atoms with van der Waals surface area (Å²) >= 11 is 0. The predicted molar refractivity (Wildman–Crippen MR) is 51.8 cm³/mol. The fraction of sp³-hybridized carbons (Fsp3) is 0.800. The smallest absolute Gasteiger partial charge is 0.319 e. The van der Waals surface area contributed by atoms with Crippen LogP contribution >= 0.6 is 0 Å². The van der Waals surface area contributed by atoms with Crippen LogP contribution in [0, 0.1) is 11.3 Å². The molecule has 14 heavy (non-hydrogen) atoms. The van der Waals surface area contributed by atoms with E-state index < -0.39 is 11.4 Å². The molecule has 0 unspecified atom stereocenters. The first kappa shape index (κ1) is 11.0. The Bertz CT molecular complexity index is 244. The van der Waals surface area contributed by atoms with Crippen LogP contribution in [0.3, 0.4) is 0 Å². The van der Waals surface area contributed by atoms with Crippen LogP contribution < -0.4 is 5.32 Å². The van der Waals surface area contributed by atoms with Crippen molar-refractivity contribution in [3.05, 3.63) is 0 Å². The third-order valence-corrected chi connectivity index (χ3v) is 2.72. The van der Waals surface area contributed by atoms with Crippen LogP contribution in [0.1, 0.15) is 33.1 Å². The van der Waals surface area contributed by atoms with Crippen LogP contribution in [0.25, 0.3) is 0 Å². The molecular weight excluding hydrogens is 182 g/mol. The molecule has 0 atom stereocenters. The summed E-state index contributed by atoms with van der Waals surface area (Å²) in [5, 5.41) is 11.6. The Kier molecular flexibility index (Phi) is 3.13. The van der Waals surface area contributed by atoms with E-state index in [9.17, 15) is 9.59 Å². The Morgan fingerprint density at radius 1 is 1.43 bits per heavy atom. The zero-order valence-electron chi connectivity index (χ0n) is 8.67. The minimum atomic E-state index is -1.12. The molecular formula is C10H17NO3. The monoisotopic (exact) mass is 199 g/mol. The molecule has 0 heterocycles. The first-order chi connectivity index (χ1) is 6.49. The highest BCUT2D eigenvalue weighted by Gasteiger charge is 2.50. The minimum absolute atomic E-state index is 0.315. The number of nitrogens with one attached hydrogen (secondary N) is 1. The van der Waals surface area contributed by atoms with E-state index in [1.165, 1.54) is 0 Å². The van der Waals surface area contributed by atoms with E-state index in [0.717, 1.165) is 6.42 Å². The van der Waals surface area contributed by atoms with Crippen LogP contribution in [0.2, 0.25) is 0 Å². The maximum Gasteiger partial charge on any atom is 0.319 e. The van der Waals surface area contributed by atoms with Crippen molar-refractivity contribution in [3.8, 4) is 0 Å². The largest absolute Gasteiger partial charge is 0.480 e. The summed E-state index contributed by atoms with van der Waals surface area (Å²) in [6.07, 6.45) is 1.79. The van der Waals surface area contributed by atoms with Gasteiger partial charge in [-0.15, -0.1) is 0 Å². The second-order valence-electron chi connectivity index (χ2n) is 4.34. The molecule has 1 saturated carbocycles. The molecule has 80 valence electrons. The van der Waals surface area contributed by atoms with Gasteiger partial charge in [0.2, 0.25) is 5.91 Å². The number of carboxylic acid groups (broad SMARTS) is 1. The SMILES string of the molecule is CC(C)CNC(=O)C1(C(=O)O)CCC1. The summed E-state index contributed by atoms with van der Waals surface area (Å²) in [4.78, 5) is 22.5. The van der Waals surface area contributed by atoms with Crippen molar-refractivity contribution >= 4 is 11.9 Å². The lowest BCUT2D eigenvalue weighted by Gasteiger charge is -2.35. The number of hydrogen-bond acceptors (Lipinski definition) is 2. The fourth-order valence-corrected chi connectivity index (χ4v) is 1.53. The highest BCUT2D eigenvalue weighted by molar-refractivity contribution is 6.02. The third-order valence-electron chi connectivity index (χ3n) is 2.72. The lowest BCUT2D eigenvalue weighted by Crippen LogP contribution is -2.51. The highest BCUT2D eigenvalue weighted by Crippen LogP contribution is 2.41. The zero-order chi connectivity index (χ0) is 10.8. The van der Waals surface area contributed by atoms with Crippen molar-refractivity contribution in [2.45, 2.75) is 33.1 Å². The molecule has 1 amide bonds. The number of carboxylic acids is 1. The Morgan fingerprint density at radius 3 is 2.29 bits per heavy atom. The average molecular weight is 199 g/mol. The van der Waals surface area contributed by atoms with Crippen LogP contribution in [-0.4, -0.2) is 23.5 Å². The molecule has 0 bridgehead atoms. The number of hydrogen-bond donors (Lipinski definition) is 2. The van der Waals surface area contributed by atoms with Gasteiger partial charge in [0, 0.05) is 6.54 Å². The summed E-state index contributed by atoms with van der Waals surface area (Å²) in [5.74, 6) is -0.945. The maximum atomic E-state index is 11.6.